The van der Waals surface area contributed by atoms with E-state index in [4.69, 9.17) is 0 Å². The van der Waals surface area contributed by atoms with Gasteiger partial charge in [-0.1, -0.05) is 38.3 Å². The fourth-order valence-corrected chi connectivity index (χ4v) is 1.72. The van der Waals surface area contributed by atoms with E-state index in [0.717, 1.165) is 11.3 Å². The zero-order valence-electron chi connectivity index (χ0n) is 9.29. The number of methoxy groups -OCH3 is 1. The van der Waals surface area contributed by atoms with Crippen molar-refractivity contribution in [3.8, 4) is 0 Å². The van der Waals surface area contributed by atoms with Gasteiger partial charge in [-0.3, -0.25) is 0 Å². The molecular weight excluding hydrogens is 196 g/mol. The second-order valence-corrected chi connectivity index (χ2v) is 4.19. The van der Waals surface area contributed by atoms with Gasteiger partial charge in [0.2, 0.25) is 0 Å². The van der Waals surface area contributed by atoms with Crippen LogP contribution in [0, 0.1) is 5.92 Å². The van der Waals surface area contributed by atoms with Crippen LogP contribution in [0.4, 0.5) is 0 Å². The maximum absolute atomic E-state index is 11.2. The van der Waals surface area contributed by atoms with Crippen molar-refractivity contribution in [1.82, 2.24) is 0 Å². The number of hydrogen-bond donors (Lipinski definition) is 0. The Morgan fingerprint density at radius 2 is 2.21 bits per heavy atom. The fraction of sp³-hybridized carbons (Fsp3) is 0.545. The van der Waals surface area contributed by atoms with E-state index in [1.807, 2.05) is 6.92 Å². The van der Waals surface area contributed by atoms with Crippen molar-refractivity contribution in [2.75, 3.05) is 7.11 Å². The van der Waals surface area contributed by atoms with Crippen molar-refractivity contribution >= 4 is 17.7 Å². The first-order chi connectivity index (χ1) is 6.56. The summed E-state index contributed by atoms with van der Waals surface area (Å²) in [5.74, 6) is 0.126. The number of hydrogen-bond acceptors (Lipinski definition) is 3. The SMILES string of the molecule is C=C(S/C(=C\C)C(=O)OC)C(C)CC. The Bertz CT molecular complexity index is 244. The highest BCUT2D eigenvalue weighted by Gasteiger charge is 2.13. The van der Waals surface area contributed by atoms with Gasteiger partial charge in [0.25, 0.3) is 0 Å². The average Bonchev–Trinajstić information content (AvgIpc) is 2.22. The molecule has 0 radical (unpaired) electrons. The lowest BCUT2D eigenvalue weighted by molar-refractivity contribution is -0.135. The molecule has 0 spiro atoms. The highest BCUT2D eigenvalue weighted by Crippen LogP contribution is 2.31. The first-order valence-electron chi connectivity index (χ1n) is 4.68. The Morgan fingerprint density at radius 3 is 2.57 bits per heavy atom. The van der Waals surface area contributed by atoms with Gasteiger partial charge in [-0.15, -0.1) is 0 Å². The Balaban J connectivity index is 4.35. The third kappa shape index (κ3) is 4.01. The summed E-state index contributed by atoms with van der Waals surface area (Å²) >= 11 is 1.40. The first-order valence-corrected chi connectivity index (χ1v) is 5.49. The van der Waals surface area contributed by atoms with E-state index < -0.39 is 0 Å². The Morgan fingerprint density at radius 1 is 1.64 bits per heavy atom. The van der Waals surface area contributed by atoms with Crippen LogP contribution in [0.15, 0.2) is 22.5 Å². The van der Waals surface area contributed by atoms with E-state index >= 15 is 0 Å². The molecule has 80 valence electrons. The summed E-state index contributed by atoms with van der Waals surface area (Å²) in [6.45, 7) is 9.97. The summed E-state index contributed by atoms with van der Waals surface area (Å²) in [5.41, 5.74) is 0. The van der Waals surface area contributed by atoms with Gasteiger partial charge in [0.1, 0.15) is 0 Å². The predicted molar refractivity (Wildman–Crippen MR) is 62.0 cm³/mol. The van der Waals surface area contributed by atoms with Crippen molar-refractivity contribution in [3.63, 3.8) is 0 Å². The van der Waals surface area contributed by atoms with Crippen molar-refractivity contribution < 1.29 is 9.53 Å². The van der Waals surface area contributed by atoms with Crippen LogP contribution in [0.5, 0.6) is 0 Å². The molecule has 0 aromatic heterocycles. The molecule has 0 N–H and O–H groups in total. The van der Waals surface area contributed by atoms with Gasteiger partial charge >= 0.3 is 5.97 Å². The first kappa shape index (κ1) is 13.3. The summed E-state index contributed by atoms with van der Waals surface area (Å²) in [6.07, 6.45) is 2.79. The van der Waals surface area contributed by atoms with Crippen LogP contribution in [0.1, 0.15) is 27.2 Å². The fourth-order valence-electron chi connectivity index (χ4n) is 0.789. The van der Waals surface area contributed by atoms with Gasteiger partial charge in [-0.05, 0) is 24.2 Å². The zero-order chi connectivity index (χ0) is 11.1. The summed E-state index contributed by atoms with van der Waals surface area (Å²) in [6, 6.07) is 0. The smallest absolute Gasteiger partial charge is 0.344 e. The van der Waals surface area contributed by atoms with Gasteiger partial charge in [0.05, 0.1) is 12.0 Å². The summed E-state index contributed by atoms with van der Waals surface area (Å²) in [7, 11) is 1.39. The van der Waals surface area contributed by atoms with Gasteiger partial charge in [-0.25, -0.2) is 4.79 Å². The van der Waals surface area contributed by atoms with Crippen molar-refractivity contribution in [3.05, 3.63) is 22.5 Å². The van der Waals surface area contributed by atoms with E-state index in [1.165, 1.54) is 18.9 Å². The number of carbonyl (C=O) groups is 1. The van der Waals surface area contributed by atoms with Crippen molar-refractivity contribution in [2.45, 2.75) is 27.2 Å². The topological polar surface area (TPSA) is 26.3 Å². The molecule has 0 aromatic carbocycles. The summed E-state index contributed by atoms with van der Waals surface area (Å²) < 4.78 is 4.65. The number of ether oxygens (including phenoxy) is 1. The average molecular weight is 214 g/mol. The zero-order valence-corrected chi connectivity index (χ0v) is 10.1. The molecule has 14 heavy (non-hydrogen) atoms. The Hall–Kier alpha value is -0.700. The van der Waals surface area contributed by atoms with Crippen LogP contribution < -0.4 is 0 Å². The molecule has 2 nitrogen and oxygen atoms in total. The molecule has 3 heteroatoms. The Labute approximate surface area is 90.4 Å². The van der Waals surface area contributed by atoms with Crippen LogP contribution in [0.3, 0.4) is 0 Å². The number of thioether (sulfide) groups is 1. The van der Waals surface area contributed by atoms with Gasteiger partial charge in [0.15, 0.2) is 0 Å². The lowest BCUT2D eigenvalue weighted by Crippen LogP contribution is -2.03. The quantitative estimate of drug-likeness (QED) is 0.518. The molecule has 0 aliphatic heterocycles. The lowest BCUT2D eigenvalue weighted by Gasteiger charge is -2.12. The molecule has 0 bridgehead atoms. The summed E-state index contributed by atoms with van der Waals surface area (Å²) in [5, 5.41) is 0. The third-order valence-corrected chi connectivity index (χ3v) is 3.34. The van der Waals surface area contributed by atoms with Gasteiger partial charge < -0.3 is 4.74 Å². The largest absolute Gasteiger partial charge is 0.465 e. The molecule has 0 saturated carbocycles. The van der Waals surface area contributed by atoms with E-state index in [1.54, 1.807) is 6.08 Å². The van der Waals surface area contributed by atoms with E-state index in [-0.39, 0.29) is 5.97 Å². The standard InChI is InChI=1S/C11H18O2S/c1-6-8(3)9(4)14-10(7-2)11(12)13-5/h7-8H,4,6H2,1-3,5H3/b10-7-. The van der Waals surface area contributed by atoms with Gasteiger partial charge in [-0.2, -0.15) is 0 Å². The lowest BCUT2D eigenvalue weighted by atomic mass is 10.1. The van der Waals surface area contributed by atoms with Gasteiger partial charge in [0, 0.05) is 0 Å². The second-order valence-electron chi connectivity index (χ2n) is 3.02. The molecule has 0 aliphatic carbocycles. The van der Waals surface area contributed by atoms with Crippen LogP contribution >= 0.6 is 11.8 Å². The third-order valence-electron chi connectivity index (χ3n) is 2.05. The molecule has 0 aromatic rings. The molecule has 1 unspecified atom stereocenters. The highest BCUT2D eigenvalue weighted by molar-refractivity contribution is 8.07. The van der Waals surface area contributed by atoms with E-state index in [0.29, 0.717) is 10.8 Å². The molecule has 0 aliphatic rings. The molecule has 0 fully saturated rings. The number of carbonyl (C=O) groups excluding carboxylic acids is 1. The monoisotopic (exact) mass is 214 g/mol. The minimum absolute atomic E-state index is 0.290. The maximum atomic E-state index is 11.2. The van der Waals surface area contributed by atoms with E-state index in [9.17, 15) is 4.79 Å². The Kier molecular flexibility index (Phi) is 6.37. The molecule has 0 amide bonds. The van der Waals surface area contributed by atoms with Crippen molar-refractivity contribution in [1.29, 1.82) is 0 Å². The second kappa shape index (κ2) is 6.71. The minimum Gasteiger partial charge on any atom is -0.465 e. The molecule has 0 heterocycles. The molecule has 0 rings (SSSR count). The molecule has 0 saturated heterocycles. The number of rotatable bonds is 5. The van der Waals surface area contributed by atoms with E-state index in [2.05, 4.69) is 25.2 Å². The predicted octanol–water partition coefficient (Wildman–Crippen LogP) is 3.36. The molecule has 1 atom stereocenters. The number of allylic oxidation sites excluding steroid dienone is 2. The van der Waals surface area contributed by atoms with Crippen LogP contribution in [0.2, 0.25) is 0 Å². The molecular formula is C11H18O2S. The van der Waals surface area contributed by atoms with Crippen LogP contribution in [0.25, 0.3) is 0 Å². The van der Waals surface area contributed by atoms with Crippen LogP contribution in [-0.2, 0) is 9.53 Å². The normalized spacial score (nSPS) is 13.6. The summed E-state index contributed by atoms with van der Waals surface area (Å²) in [4.78, 5) is 12.9. The highest BCUT2D eigenvalue weighted by atomic mass is 32.2. The maximum Gasteiger partial charge on any atom is 0.344 e. The minimum atomic E-state index is -0.290. The van der Waals surface area contributed by atoms with Crippen LogP contribution in [-0.4, -0.2) is 13.1 Å². The number of esters is 1. The van der Waals surface area contributed by atoms with Crippen molar-refractivity contribution in [2.24, 2.45) is 5.92 Å².